The van der Waals surface area contributed by atoms with Gasteiger partial charge >= 0.3 is 0 Å². The minimum absolute atomic E-state index is 0.0145. The van der Waals surface area contributed by atoms with Crippen molar-refractivity contribution < 1.29 is 4.92 Å². The van der Waals surface area contributed by atoms with Gasteiger partial charge in [0.1, 0.15) is 5.52 Å². The molecule has 0 aliphatic rings. The molecule has 1 heterocycles. The van der Waals surface area contributed by atoms with Gasteiger partial charge in [0.25, 0.3) is 5.69 Å². The van der Waals surface area contributed by atoms with Crippen LogP contribution in [0.2, 0.25) is 0 Å². The monoisotopic (exact) mass is 330 g/mol. The molecule has 0 radical (unpaired) electrons. The Morgan fingerprint density at radius 3 is 2.73 bits per heavy atom. The smallest absolute Gasteiger partial charge is 0.258 e. The van der Waals surface area contributed by atoms with Crippen molar-refractivity contribution in [2.75, 3.05) is 0 Å². The van der Waals surface area contributed by atoms with Crippen molar-refractivity contribution in [3.8, 4) is 0 Å². The van der Waals surface area contributed by atoms with Gasteiger partial charge in [0.05, 0.1) is 4.92 Å². The van der Waals surface area contributed by atoms with Crippen LogP contribution >= 0.6 is 31.9 Å². The summed E-state index contributed by atoms with van der Waals surface area (Å²) in [5.74, 6) is 0. The van der Waals surface area contributed by atoms with Crippen LogP contribution in [0.25, 0.3) is 10.9 Å². The van der Waals surface area contributed by atoms with Crippen LogP contribution in [0.5, 0.6) is 0 Å². The molecule has 1 aromatic heterocycles. The van der Waals surface area contributed by atoms with Crippen molar-refractivity contribution in [1.29, 1.82) is 0 Å². The Bertz CT molecular complexity index is 557. The number of halogens is 2. The fraction of sp³-hybridized carbons (Fsp3) is 0. The molecule has 4 nitrogen and oxygen atoms in total. The summed E-state index contributed by atoms with van der Waals surface area (Å²) in [6.45, 7) is 0. The summed E-state index contributed by atoms with van der Waals surface area (Å²) < 4.78 is 1.58. The van der Waals surface area contributed by atoms with E-state index in [1.54, 1.807) is 18.3 Å². The number of benzene rings is 1. The number of fused-ring (bicyclic) bond motifs is 1. The van der Waals surface area contributed by atoms with Gasteiger partial charge in [-0.1, -0.05) is 15.9 Å². The topological polar surface area (TPSA) is 56.0 Å². The predicted molar refractivity (Wildman–Crippen MR) is 63.8 cm³/mol. The van der Waals surface area contributed by atoms with Crippen LogP contribution in [0.4, 0.5) is 5.69 Å². The summed E-state index contributed by atoms with van der Waals surface area (Å²) in [5, 5.41) is 11.5. The molecule has 0 bridgehead atoms. The zero-order chi connectivity index (χ0) is 11.0. The fourth-order valence-corrected chi connectivity index (χ4v) is 2.06. The summed E-state index contributed by atoms with van der Waals surface area (Å²) in [7, 11) is 0. The lowest BCUT2D eigenvalue weighted by molar-refractivity contribution is -0.383. The third-order valence-electron chi connectivity index (χ3n) is 1.94. The molecule has 0 fully saturated rings. The van der Waals surface area contributed by atoms with E-state index in [0.717, 1.165) is 14.3 Å². The number of rotatable bonds is 1. The lowest BCUT2D eigenvalue weighted by atomic mass is 10.2. The van der Waals surface area contributed by atoms with Crippen molar-refractivity contribution in [2.45, 2.75) is 0 Å². The minimum Gasteiger partial charge on any atom is -0.258 e. The highest BCUT2D eigenvalue weighted by molar-refractivity contribution is 9.11. The van der Waals surface area contributed by atoms with Crippen LogP contribution < -0.4 is 0 Å². The number of nitro benzene ring substituents is 1. The molecule has 2 aromatic rings. The number of nitrogens with zero attached hydrogens (tertiary/aromatic N) is 2. The third-order valence-corrected chi connectivity index (χ3v) is 3.06. The number of hydrogen-bond donors (Lipinski definition) is 0. The van der Waals surface area contributed by atoms with E-state index >= 15 is 0 Å². The molecule has 0 atom stereocenters. The Morgan fingerprint density at radius 1 is 1.33 bits per heavy atom. The standard InChI is InChI=1S/C9H4Br2N2O2/c10-5-3-6-7(11)1-2-8(13(14)15)9(6)12-4-5/h1-4H. The van der Waals surface area contributed by atoms with Crippen molar-refractivity contribution in [3.63, 3.8) is 0 Å². The molecule has 15 heavy (non-hydrogen) atoms. The maximum Gasteiger partial charge on any atom is 0.295 e. The van der Waals surface area contributed by atoms with Gasteiger partial charge in [0.2, 0.25) is 0 Å². The summed E-state index contributed by atoms with van der Waals surface area (Å²) in [6.07, 6.45) is 1.54. The van der Waals surface area contributed by atoms with E-state index in [0.29, 0.717) is 5.52 Å². The van der Waals surface area contributed by atoms with Crippen molar-refractivity contribution >= 4 is 48.5 Å². The second-order valence-corrected chi connectivity index (χ2v) is 4.64. The van der Waals surface area contributed by atoms with E-state index in [1.807, 2.05) is 0 Å². The maximum absolute atomic E-state index is 10.7. The van der Waals surface area contributed by atoms with Gasteiger partial charge in [0.15, 0.2) is 0 Å². The van der Waals surface area contributed by atoms with Gasteiger partial charge in [-0.25, -0.2) is 4.98 Å². The molecule has 0 amide bonds. The van der Waals surface area contributed by atoms with Crippen LogP contribution in [0.1, 0.15) is 0 Å². The number of nitro groups is 1. The Labute approximate surface area is 102 Å². The molecule has 2 rings (SSSR count). The average molecular weight is 332 g/mol. The summed E-state index contributed by atoms with van der Waals surface area (Å²) in [4.78, 5) is 14.4. The van der Waals surface area contributed by atoms with Crippen LogP contribution in [0.3, 0.4) is 0 Å². The van der Waals surface area contributed by atoms with E-state index in [1.165, 1.54) is 6.07 Å². The first-order valence-electron chi connectivity index (χ1n) is 3.98. The minimum atomic E-state index is -0.435. The molecule has 0 aliphatic carbocycles. The third kappa shape index (κ3) is 1.87. The zero-order valence-electron chi connectivity index (χ0n) is 7.28. The summed E-state index contributed by atoms with van der Waals surface area (Å²) >= 11 is 6.61. The second kappa shape index (κ2) is 3.86. The quantitative estimate of drug-likeness (QED) is 0.591. The number of aromatic nitrogens is 1. The molecular formula is C9H4Br2N2O2. The number of hydrogen-bond acceptors (Lipinski definition) is 3. The Morgan fingerprint density at radius 2 is 2.07 bits per heavy atom. The summed E-state index contributed by atoms with van der Waals surface area (Å²) in [5.41, 5.74) is 0.401. The van der Waals surface area contributed by atoms with Crippen molar-refractivity contribution in [1.82, 2.24) is 4.98 Å². The van der Waals surface area contributed by atoms with E-state index in [-0.39, 0.29) is 5.69 Å². The normalized spacial score (nSPS) is 10.5. The van der Waals surface area contributed by atoms with Gasteiger partial charge < -0.3 is 0 Å². The Kier molecular flexibility index (Phi) is 2.70. The van der Waals surface area contributed by atoms with Gasteiger partial charge in [-0.2, -0.15) is 0 Å². The molecule has 6 heteroatoms. The maximum atomic E-state index is 10.7. The lowest BCUT2D eigenvalue weighted by Gasteiger charge is -2.01. The van der Waals surface area contributed by atoms with E-state index in [2.05, 4.69) is 36.8 Å². The highest BCUT2D eigenvalue weighted by atomic mass is 79.9. The molecule has 0 unspecified atom stereocenters. The SMILES string of the molecule is O=[N+]([O-])c1ccc(Br)c2cc(Br)cnc12. The van der Waals surface area contributed by atoms with E-state index in [4.69, 9.17) is 0 Å². The van der Waals surface area contributed by atoms with Crippen LogP contribution in [0, 0.1) is 10.1 Å². The Balaban J connectivity index is 2.88. The van der Waals surface area contributed by atoms with Gasteiger partial charge in [0, 0.05) is 26.6 Å². The van der Waals surface area contributed by atoms with Crippen LogP contribution in [-0.4, -0.2) is 9.91 Å². The first-order valence-corrected chi connectivity index (χ1v) is 5.56. The van der Waals surface area contributed by atoms with Gasteiger partial charge in [-0.3, -0.25) is 10.1 Å². The highest BCUT2D eigenvalue weighted by Crippen LogP contribution is 2.31. The molecular weight excluding hydrogens is 328 g/mol. The Hall–Kier alpha value is -1.01. The summed E-state index contributed by atoms with van der Waals surface area (Å²) in [6, 6.07) is 4.88. The fourth-order valence-electron chi connectivity index (χ4n) is 1.29. The zero-order valence-corrected chi connectivity index (χ0v) is 10.4. The van der Waals surface area contributed by atoms with E-state index in [9.17, 15) is 10.1 Å². The molecule has 0 saturated carbocycles. The van der Waals surface area contributed by atoms with Crippen LogP contribution in [0.15, 0.2) is 33.3 Å². The van der Waals surface area contributed by atoms with E-state index < -0.39 is 4.92 Å². The number of pyridine rings is 1. The lowest BCUT2D eigenvalue weighted by Crippen LogP contribution is -1.91. The van der Waals surface area contributed by atoms with Crippen molar-refractivity contribution in [3.05, 3.63) is 43.5 Å². The molecule has 0 spiro atoms. The van der Waals surface area contributed by atoms with Gasteiger partial charge in [-0.15, -0.1) is 0 Å². The first-order chi connectivity index (χ1) is 7.09. The number of non-ortho nitro benzene ring substituents is 1. The van der Waals surface area contributed by atoms with Crippen LogP contribution in [-0.2, 0) is 0 Å². The molecule has 0 N–H and O–H groups in total. The highest BCUT2D eigenvalue weighted by Gasteiger charge is 2.14. The molecule has 76 valence electrons. The first kappa shape index (κ1) is 10.5. The molecule has 1 aromatic carbocycles. The molecule has 0 aliphatic heterocycles. The van der Waals surface area contributed by atoms with Gasteiger partial charge in [-0.05, 0) is 28.1 Å². The molecule has 0 saturated heterocycles. The second-order valence-electron chi connectivity index (χ2n) is 2.87. The predicted octanol–water partition coefficient (Wildman–Crippen LogP) is 3.67. The largest absolute Gasteiger partial charge is 0.295 e. The van der Waals surface area contributed by atoms with Crippen molar-refractivity contribution in [2.24, 2.45) is 0 Å². The average Bonchev–Trinajstić information content (AvgIpc) is 2.19.